The lowest BCUT2D eigenvalue weighted by atomic mass is 10.1. The molecular weight excluding hydrogens is 312 g/mol. The highest BCUT2D eigenvalue weighted by Gasteiger charge is 2.13. The molecule has 0 spiro atoms. The summed E-state index contributed by atoms with van der Waals surface area (Å²) in [6.45, 7) is 13.0. The number of benzene rings is 1. The van der Waals surface area contributed by atoms with E-state index in [1.807, 2.05) is 10.9 Å². The summed E-state index contributed by atoms with van der Waals surface area (Å²) in [5.74, 6) is 0. The second-order valence-electron chi connectivity index (χ2n) is 7.77. The molecule has 1 fully saturated rings. The second kappa shape index (κ2) is 8.13. The van der Waals surface area contributed by atoms with Gasteiger partial charge in [-0.3, -0.25) is 9.58 Å². The van der Waals surface area contributed by atoms with Gasteiger partial charge in [-0.25, -0.2) is 0 Å². The Morgan fingerprint density at radius 2 is 1.64 bits per heavy atom. The molecule has 2 heterocycles. The summed E-state index contributed by atoms with van der Waals surface area (Å²) in [5, 5.41) is 7.95. The van der Waals surface area contributed by atoms with Gasteiger partial charge in [-0.2, -0.15) is 5.10 Å². The van der Waals surface area contributed by atoms with Gasteiger partial charge in [-0.15, -0.1) is 0 Å². The van der Waals surface area contributed by atoms with Gasteiger partial charge in [-0.05, 0) is 31.9 Å². The lowest BCUT2D eigenvalue weighted by Gasteiger charge is -2.26. The topological polar surface area (TPSA) is 42.3 Å². The molecule has 2 aromatic rings. The van der Waals surface area contributed by atoms with Gasteiger partial charge in [-0.1, -0.05) is 24.3 Å². The maximum absolute atomic E-state index is 5.40. The maximum atomic E-state index is 5.40. The van der Waals surface area contributed by atoms with Gasteiger partial charge in [0, 0.05) is 44.5 Å². The average molecular weight is 342 g/mol. The molecular formula is C20H30N4O. The Balaban J connectivity index is 1.44. The summed E-state index contributed by atoms with van der Waals surface area (Å²) in [6.07, 6.45) is 4.07. The molecule has 1 aromatic heterocycles. The number of nitrogens with one attached hydrogen (secondary N) is 1. The molecule has 25 heavy (non-hydrogen) atoms. The van der Waals surface area contributed by atoms with Crippen molar-refractivity contribution in [1.82, 2.24) is 20.0 Å². The lowest BCUT2D eigenvalue weighted by molar-refractivity contribution is 0.0342. The summed E-state index contributed by atoms with van der Waals surface area (Å²) < 4.78 is 7.42. The van der Waals surface area contributed by atoms with Gasteiger partial charge in [0.15, 0.2) is 0 Å². The van der Waals surface area contributed by atoms with E-state index < -0.39 is 0 Å². The van der Waals surface area contributed by atoms with Crippen molar-refractivity contribution >= 4 is 0 Å². The molecule has 0 saturated carbocycles. The van der Waals surface area contributed by atoms with Gasteiger partial charge in [0.25, 0.3) is 0 Å². The number of hydrogen-bond donors (Lipinski definition) is 1. The zero-order valence-electron chi connectivity index (χ0n) is 15.7. The number of nitrogens with zero attached hydrogens (tertiary/aromatic N) is 3. The molecule has 5 heteroatoms. The van der Waals surface area contributed by atoms with Crippen molar-refractivity contribution in [2.45, 2.75) is 45.9 Å². The summed E-state index contributed by atoms with van der Waals surface area (Å²) in [4.78, 5) is 2.45. The first kappa shape index (κ1) is 18.1. The summed E-state index contributed by atoms with van der Waals surface area (Å²) in [6, 6.07) is 8.93. The zero-order valence-corrected chi connectivity index (χ0v) is 15.7. The van der Waals surface area contributed by atoms with E-state index in [0.717, 1.165) is 45.9 Å². The Labute approximate surface area is 151 Å². The normalized spacial score (nSPS) is 16.3. The summed E-state index contributed by atoms with van der Waals surface area (Å²) >= 11 is 0. The van der Waals surface area contributed by atoms with Gasteiger partial charge in [0.1, 0.15) is 0 Å². The minimum atomic E-state index is 0.0363. The molecule has 3 rings (SSSR count). The Kier molecular flexibility index (Phi) is 5.89. The van der Waals surface area contributed by atoms with Crippen LogP contribution in [0, 0.1) is 0 Å². The van der Waals surface area contributed by atoms with E-state index in [0.29, 0.717) is 0 Å². The molecule has 0 amide bonds. The van der Waals surface area contributed by atoms with Gasteiger partial charge < -0.3 is 10.1 Å². The van der Waals surface area contributed by atoms with Crippen LogP contribution >= 0.6 is 0 Å². The summed E-state index contributed by atoms with van der Waals surface area (Å²) in [5.41, 5.74) is 3.94. The van der Waals surface area contributed by atoms with Crippen molar-refractivity contribution in [2.75, 3.05) is 26.3 Å². The number of hydrogen-bond acceptors (Lipinski definition) is 4. The largest absolute Gasteiger partial charge is 0.379 e. The monoisotopic (exact) mass is 342 g/mol. The van der Waals surface area contributed by atoms with Gasteiger partial charge >= 0.3 is 0 Å². The fraction of sp³-hybridized carbons (Fsp3) is 0.550. The van der Waals surface area contributed by atoms with Crippen molar-refractivity contribution in [3.63, 3.8) is 0 Å². The Morgan fingerprint density at radius 3 is 2.28 bits per heavy atom. The zero-order chi connectivity index (χ0) is 17.7. The van der Waals surface area contributed by atoms with Crippen molar-refractivity contribution in [1.29, 1.82) is 0 Å². The van der Waals surface area contributed by atoms with Crippen LogP contribution in [0.1, 0.15) is 37.5 Å². The Bertz CT molecular complexity index is 651. The first-order chi connectivity index (χ1) is 12.0. The van der Waals surface area contributed by atoms with Crippen LogP contribution in [0.25, 0.3) is 0 Å². The number of ether oxygens (including phenoxy) is 1. The molecule has 1 aliphatic heterocycles. The van der Waals surface area contributed by atoms with Gasteiger partial charge in [0.2, 0.25) is 0 Å². The van der Waals surface area contributed by atoms with E-state index in [1.165, 1.54) is 16.7 Å². The Hall–Kier alpha value is -1.69. The molecule has 1 N–H and O–H groups in total. The third-order valence-electron chi connectivity index (χ3n) is 4.51. The predicted octanol–water partition coefficient (Wildman–Crippen LogP) is 2.76. The van der Waals surface area contributed by atoms with Crippen LogP contribution in [0.4, 0.5) is 0 Å². The standard InChI is InChI=1S/C20H30N4O/c1-20(2,3)24-16-19(14-22-24)13-21-12-17-4-6-18(7-5-17)15-23-8-10-25-11-9-23/h4-7,14,16,21H,8-13,15H2,1-3H3. The molecule has 0 aliphatic carbocycles. The van der Waals surface area contributed by atoms with Crippen LogP contribution in [0.15, 0.2) is 36.7 Å². The van der Waals surface area contributed by atoms with Crippen LogP contribution in [0.5, 0.6) is 0 Å². The van der Waals surface area contributed by atoms with Crippen molar-refractivity contribution in [2.24, 2.45) is 0 Å². The van der Waals surface area contributed by atoms with Crippen LogP contribution in [0.2, 0.25) is 0 Å². The van der Waals surface area contributed by atoms with E-state index in [2.05, 4.69) is 66.5 Å². The summed E-state index contributed by atoms with van der Waals surface area (Å²) in [7, 11) is 0. The third kappa shape index (κ3) is 5.39. The quantitative estimate of drug-likeness (QED) is 0.876. The molecule has 1 aliphatic rings. The number of aromatic nitrogens is 2. The molecule has 1 aromatic carbocycles. The maximum Gasteiger partial charge on any atom is 0.0594 e. The van der Waals surface area contributed by atoms with Crippen LogP contribution < -0.4 is 5.32 Å². The van der Waals surface area contributed by atoms with E-state index in [4.69, 9.17) is 4.74 Å². The molecule has 0 unspecified atom stereocenters. The van der Waals surface area contributed by atoms with Crippen LogP contribution in [-0.4, -0.2) is 41.0 Å². The van der Waals surface area contributed by atoms with E-state index in [9.17, 15) is 0 Å². The fourth-order valence-electron chi connectivity index (χ4n) is 2.95. The average Bonchev–Trinajstić information content (AvgIpc) is 3.07. The van der Waals surface area contributed by atoms with Crippen molar-refractivity contribution < 1.29 is 4.74 Å². The van der Waals surface area contributed by atoms with Gasteiger partial charge in [0.05, 0.1) is 24.9 Å². The molecule has 0 radical (unpaired) electrons. The molecule has 0 bridgehead atoms. The SMILES string of the molecule is CC(C)(C)n1cc(CNCc2ccc(CN3CCOCC3)cc2)cn1. The van der Waals surface area contributed by atoms with Crippen molar-refractivity contribution in [3.8, 4) is 0 Å². The minimum Gasteiger partial charge on any atom is -0.379 e. The third-order valence-corrected chi connectivity index (χ3v) is 4.51. The van der Waals surface area contributed by atoms with Crippen molar-refractivity contribution in [3.05, 3.63) is 53.3 Å². The minimum absolute atomic E-state index is 0.0363. The van der Waals surface area contributed by atoms with Crippen LogP contribution in [-0.2, 0) is 29.9 Å². The number of morpholine rings is 1. The molecule has 5 nitrogen and oxygen atoms in total. The number of rotatable bonds is 6. The van der Waals surface area contributed by atoms with E-state index in [1.54, 1.807) is 0 Å². The predicted molar refractivity (Wildman–Crippen MR) is 100 cm³/mol. The highest BCUT2D eigenvalue weighted by molar-refractivity contribution is 5.22. The molecule has 1 saturated heterocycles. The van der Waals surface area contributed by atoms with Crippen LogP contribution in [0.3, 0.4) is 0 Å². The highest BCUT2D eigenvalue weighted by Crippen LogP contribution is 2.13. The lowest BCUT2D eigenvalue weighted by Crippen LogP contribution is -2.35. The first-order valence-corrected chi connectivity index (χ1v) is 9.13. The van der Waals surface area contributed by atoms with E-state index in [-0.39, 0.29) is 5.54 Å². The first-order valence-electron chi connectivity index (χ1n) is 9.13. The molecule has 136 valence electrons. The molecule has 0 atom stereocenters. The Morgan fingerprint density at radius 1 is 1.00 bits per heavy atom. The highest BCUT2D eigenvalue weighted by atomic mass is 16.5. The van der Waals surface area contributed by atoms with E-state index >= 15 is 0 Å². The smallest absolute Gasteiger partial charge is 0.0594 e. The second-order valence-corrected chi connectivity index (χ2v) is 7.77. The fourth-order valence-corrected chi connectivity index (χ4v) is 2.95.